The topological polar surface area (TPSA) is 12.0 Å². The van der Waals surface area contributed by atoms with E-state index in [0.717, 1.165) is 11.7 Å². The van der Waals surface area contributed by atoms with Gasteiger partial charge in [0.25, 0.3) is 0 Å². The number of hydrogen-bond donors (Lipinski definition) is 1. The highest BCUT2D eigenvalue weighted by Crippen LogP contribution is 2.31. The molecule has 1 nitrogen and oxygen atoms in total. The van der Waals surface area contributed by atoms with Gasteiger partial charge in [-0.1, -0.05) is 44.5 Å². The third-order valence-electron chi connectivity index (χ3n) is 4.19. The summed E-state index contributed by atoms with van der Waals surface area (Å²) in [5.41, 5.74) is 2.85. The van der Waals surface area contributed by atoms with Crippen molar-refractivity contribution >= 4 is 11.8 Å². The van der Waals surface area contributed by atoms with Crippen LogP contribution in [0.15, 0.2) is 24.3 Å². The van der Waals surface area contributed by atoms with Gasteiger partial charge in [-0.2, -0.15) is 11.8 Å². The molecule has 3 atom stereocenters. The van der Waals surface area contributed by atoms with Gasteiger partial charge < -0.3 is 5.32 Å². The molecular weight excluding hydrogens is 250 g/mol. The molecule has 0 saturated heterocycles. The van der Waals surface area contributed by atoms with Crippen molar-refractivity contribution < 1.29 is 0 Å². The molecule has 2 rings (SSSR count). The SMILES string of the molecule is CCSC1CCCC1NC(C)c1ccc(CC)cc1. The Bertz CT molecular complexity index is 373. The van der Waals surface area contributed by atoms with Crippen LogP contribution in [-0.2, 0) is 6.42 Å². The summed E-state index contributed by atoms with van der Waals surface area (Å²) in [5.74, 6) is 1.24. The summed E-state index contributed by atoms with van der Waals surface area (Å²) in [6.45, 7) is 6.78. The molecule has 2 heteroatoms. The molecule has 1 aromatic rings. The Morgan fingerprint density at radius 2 is 1.95 bits per heavy atom. The molecule has 106 valence electrons. The second-order valence-corrected chi connectivity index (χ2v) is 7.03. The van der Waals surface area contributed by atoms with Gasteiger partial charge in [0.05, 0.1) is 0 Å². The number of aryl methyl sites for hydroxylation is 1. The highest BCUT2D eigenvalue weighted by Gasteiger charge is 2.28. The Balaban J connectivity index is 1.93. The van der Waals surface area contributed by atoms with E-state index in [2.05, 4.69) is 62.1 Å². The Morgan fingerprint density at radius 1 is 1.21 bits per heavy atom. The van der Waals surface area contributed by atoms with Crippen LogP contribution in [0.5, 0.6) is 0 Å². The van der Waals surface area contributed by atoms with Crippen LogP contribution in [0.25, 0.3) is 0 Å². The number of hydrogen-bond acceptors (Lipinski definition) is 2. The summed E-state index contributed by atoms with van der Waals surface area (Å²) >= 11 is 2.13. The minimum Gasteiger partial charge on any atom is -0.306 e. The molecule has 1 aliphatic rings. The van der Waals surface area contributed by atoms with Crippen molar-refractivity contribution in [2.45, 2.75) is 63.8 Å². The van der Waals surface area contributed by atoms with Crippen molar-refractivity contribution in [1.29, 1.82) is 0 Å². The number of nitrogens with one attached hydrogen (secondary N) is 1. The Kier molecular flexibility index (Phi) is 5.77. The molecule has 1 fully saturated rings. The zero-order valence-electron chi connectivity index (χ0n) is 12.5. The lowest BCUT2D eigenvalue weighted by Crippen LogP contribution is -2.36. The summed E-state index contributed by atoms with van der Waals surface area (Å²) in [6, 6.07) is 10.3. The van der Waals surface area contributed by atoms with Crippen molar-refractivity contribution in [3.63, 3.8) is 0 Å². The molecule has 3 unspecified atom stereocenters. The van der Waals surface area contributed by atoms with E-state index < -0.39 is 0 Å². The second kappa shape index (κ2) is 7.35. The molecule has 0 aliphatic heterocycles. The first-order chi connectivity index (χ1) is 9.24. The molecule has 0 spiro atoms. The van der Waals surface area contributed by atoms with Crippen molar-refractivity contribution in [3.05, 3.63) is 35.4 Å². The van der Waals surface area contributed by atoms with E-state index in [1.165, 1.54) is 36.1 Å². The fourth-order valence-corrected chi connectivity index (χ4v) is 4.20. The van der Waals surface area contributed by atoms with Crippen LogP contribution in [0.2, 0.25) is 0 Å². The number of thioether (sulfide) groups is 1. The first kappa shape index (κ1) is 14.9. The Hall–Kier alpha value is -0.470. The highest BCUT2D eigenvalue weighted by molar-refractivity contribution is 7.99. The molecule has 0 aromatic heterocycles. The second-order valence-electron chi connectivity index (χ2n) is 5.51. The average molecular weight is 277 g/mol. The van der Waals surface area contributed by atoms with E-state index in [9.17, 15) is 0 Å². The van der Waals surface area contributed by atoms with E-state index >= 15 is 0 Å². The third kappa shape index (κ3) is 4.00. The van der Waals surface area contributed by atoms with Crippen LogP contribution in [-0.4, -0.2) is 17.0 Å². The molecule has 0 heterocycles. The van der Waals surface area contributed by atoms with Crippen LogP contribution in [0, 0.1) is 0 Å². The van der Waals surface area contributed by atoms with Crippen LogP contribution in [0.3, 0.4) is 0 Å². The van der Waals surface area contributed by atoms with Crippen LogP contribution in [0.1, 0.15) is 57.2 Å². The van der Waals surface area contributed by atoms with Crippen LogP contribution in [0.4, 0.5) is 0 Å². The van der Waals surface area contributed by atoms with Gasteiger partial charge in [-0.15, -0.1) is 0 Å². The third-order valence-corrected chi connectivity index (χ3v) is 5.51. The van der Waals surface area contributed by atoms with Crippen molar-refractivity contribution in [2.75, 3.05) is 5.75 Å². The van der Waals surface area contributed by atoms with Crippen molar-refractivity contribution in [3.8, 4) is 0 Å². The van der Waals surface area contributed by atoms with Gasteiger partial charge in [0.15, 0.2) is 0 Å². The van der Waals surface area contributed by atoms with E-state index in [1.807, 2.05) is 0 Å². The maximum atomic E-state index is 3.85. The minimum absolute atomic E-state index is 0.467. The standard InChI is InChI=1S/C17H27NS/c1-4-14-9-11-15(12-10-14)13(3)18-16-7-6-8-17(16)19-5-2/h9-13,16-18H,4-8H2,1-3H3. The maximum absolute atomic E-state index is 3.85. The zero-order chi connectivity index (χ0) is 13.7. The lowest BCUT2D eigenvalue weighted by molar-refractivity contribution is 0.467. The smallest absolute Gasteiger partial charge is 0.0294 e. The summed E-state index contributed by atoms with van der Waals surface area (Å²) in [6.07, 6.45) is 5.24. The minimum atomic E-state index is 0.467. The molecule has 19 heavy (non-hydrogen) atoms. The van der Waals surface area contributed by atoms with Gasteiger partial charge in [0.2, 0.25) is 0 Å². The largest absolute Gasteiger partial charge is 0.306 e. The van der Waals surface area contributed by atoms with E-state index in [-0.39, 0.29) is 0 Å². The van der Waals surface area contributed by atoms with Gasteiger partial charge in [-0.3, -0.25) is 0 Å². The van der Waals surface area contributed by atoms with Crippen molar-refractivity contribution in [1.82, 2.24) is 5.32 Å². The number of rotatable bonds is 6. The molecule has 1 aromatic carbocycles. The van der Waals surface area contributed by atoms with Gasteiger partial charge >= 0.3 is 0 Å². The lowest BCUT2D eigenvalue weighted by Gasteiger charge is -2.25. The molecule has 0 amide bonds. The van der Waals surface area contributed by atoms with Crippen LogP contribution >= 0.6 is 11.8 Å². The molecular formula is C17H27NS. The monoisotopic (exact) mass is 277 g/mol. The first-order valence-corrected chi connectivity index (χ1v) is 8.76. The van der Waals surface area contributed by atoms with E-state index in [0.29, 0.717) is 12.1 Å². The molecule has 0 radical (unpaired) electrons. The molecule has 1 saturated carbocycles. The Labute approximate surface area is 122 Å². The summed E-state index contributed by atoms with van der Waals surface area (Å²) in [5, 5.41) is 4.67. The summed E-state index contributed by atoms with van der Waals surface area (Å²) < 4.78 is 0. The molecule has 0 bridgehead atoms. The van der Waals surface area contributed by atoms with Crippen molar-refractivity contribution in [2.24, 2.45) is 0 Å². The average Bonchev–Trinajstić information content (AvgIpc) is 2.86. The van der Waals surface area contributed by atoms with Gasteiger partial charge in [0, 0.05) is 17.3 Å². The first-order valence-electron chi connectivity index (χ1n) is 7.71. The van der Waals surface area contributed by atoms with Gasteiger partial charge in [0.1, 0.15) is 0 Å². The predicted molar refractivity (Wildman–Crippen MR) is 86.9 cm³/mol. The van der Waals surface area contributed by atoms with Gasteiger partial charge in [-0.25, -0.2) is 0 Å². The quantitative estimate of drug-likeness (QED) is 0.817. The normalized spacial score (nSPS) is 24.6. The summed E-state index contributed by atoms with van der Waals surface area (Å²) in [4.78, 5) is 0. The molecule has 1 aliphatic carbocycles. The van der Waals surface area contributed by atoms with Crippen LogP contribution < -0.4 is 5.32 Å². The van der Waals surface area contributed by atoms with E-state index in [4.69, 9.17) is 0 Å². The van der Waals surface area contributed by atoms with Gasteiger partial charge in [-0.05, 0) is 43.1 Å². The molecule has 1 N–H and O–H groups in total. The lowest BCUT2D eigenvalue weighted by atomic mass is 10.0. The maximum Gasteiger partial charge on any atom is 0.0294 e. The van der Waals surface area contributed by atoms with E-state index in [1.54, 1.807) is 0 Å². The fourth-order valence-electron chi connectivity index (χ4n) is 2.99. The number of benzene rings is 1. The summed E-state index contributed by atoms with van der Waals surface area (Å²) in [7, 11) is 0. The zero-order valence-corrected chi connectivity index (χ0v) is 13.3. The highest BCUT2D eigenvalue weighted by atomic mass is 32.2. The fraction of sp³-hybridized carbons (Fsp3) is 0.647. The predicted octanol–water partition coefficient (Wildman–Crippen LogP) is 4.57. The Morgan fingerprint density at radius 3 is 2.58 bits per heavy atom.